The fourth-order valence-electron chi connectivity index (χ4n) is 3.01. The van der Waals surface area contributed by atoms with Crippen molar-refractivity contribution in [2.24, 2.45) is 5.92 Å². The standard InChI is InChI=1S/C15H28N4O2S/c1-13-7-5-9-18(12-13)22(20,21)17(4)8-6-10-19-15(3)11-14(2)16-19/h11,13H,5-10,12H2,1-4H3. The van der Waals surface area contributed by atoms with E-state index in [9.17, 15) is 8.42 Å². The average Bonchev–Trinajstić information content (AvgIpc) is 2.77. The van der Waals surface area contributed by atoms with Crippen LogP contribution < -0.4 is 0 Å². The van der Waals surface area contributed by atoms with Crippen LogP contribution in [0.3, 0.4) is 0 Å². The molecule has 0 aliphatic carbocycles. The normalized spacial score (nSPS) is 20.7. The molecule has 1 aliphatic heterocycles. The summed E-state index contributed by atoms with van der Waals surface area (Å²) in [4.78, 5) is 0. The molecule has 0 N–H and O–H groups in total. The van der Waals surface area contributed by atoms with Crippen molar-refractivity contribution >= 4 is 10.2 Å². The van der Waals surface area contributed by atoms with Gasteiger partial charge in [0.05, 0.1) is 5.69 Å². The Balaban J connectivity index is 1.88. The van der Waals surface area contributed by atoms with Crippen LogP contribution in [0, 0.1) is 19.8 Å². The Hall–Kier alpha value is -0.920. The zero-order valence-corrected chi connectivity index (χ0v) is 14.9. The van der Waals surface area contributed by atoms with Gasteiger partial charge in [0.15, 0.2) is 0 Å². The second kappa shape index (κ2) is 7.10. The molecule has 126 valence electrons. The molecule has 1 atom stereocenters. The molecule has 1 saturated heterocycles. The number of nitrogens with zero attached hydrogens (tertiary/aromatic N) is 4. The first-order valence-corrected chi connectivity index (χ1v) is 9.43. The van der Waals surface area contributed by atoms with Crippen LogP contribution in [0.1, 0.15) is 37.6 Å². The van der Waals surface area contributed by atoms with Crippen LogP contribution in [0.4, 0.5) is 0 Å². The fourth-order valence-corrected chi connectivity index (χ4v) is 4.57. The number of hydrogen-bond donors (Lipinski definition) is 0. The summed E-state index contributed by atoms with van der Waals surface area (Å²) in [6.45, 7) is 8.66. The molecule has 7 heteroatoms. The predicted octanol–water partition coefficient (Wildman–Crippen LogP) is 1.80. The van der Waals surface area contributed by atoms with Crippen LogP contribution in [-0.4, -0.2) is 53.5 Å². The van der Waals surface area contributed by atoms with Crippen molar-refractivity contribution < 1.29 is 8.42 Å². The molecule has 1 aromatic heterocycles. The van der Waals surface area contributed by atoms with E-state index in [1.807, 2.05) is 24.6 Å². The summed E-state index contributed by atoms with van der Waals surface area (Å²) in [5.74, 6) is 0.451. The minimum Gasteiger partial charge on any atom is -0.270 e. The lowest BCUT2D eigenvalue weighted by Gasteiger charge is -2.33. The van der Waals surface area contributed by atoms with Crippen LogP contribution in [-0.2, 0) is 16.8 Å². The van der Waals surface area contributed by atoms with Crippen LogP contribution in [0.2, 0.25) is 0 Å². The second-order valence-corrected chi connectivity index (χ2v) is 8.47. The number of piperidine rings is 1. The average molecular weight is 328 g/mol. The molecule has 1 fully saturated rings. The van der Waals surface area contributed by atoms with Crippen LogP contribution in [0.25, 0.3) is 0 Å². The Labute approximate surface area is 134 Å². The summed E-state index contributed by atoms with van der Waals surface area (Å²) in [7, 11) is -1.64. The summed E-state index contributed by atoms with van der Waals surface area (Å²) in [6.07, 6.45) is 2.84. The van der Waals surface area contributed by atoms with Crippen LogP contribution in [0.5, 0.6) is 0 Å². The lowest BCUT2D eigenvalue weighted by molar-refractivity contribution is 0.262. The van der Waals surface area contributed by atoms with Gasteiger partial charge in [0.1, 0.15) is 0 Å². The SMILES string of the molecule is Cc1cc(C)n(CCCN(C)S(=O)(=O)N2CCCC(C)C2)n1. The first-order valence-electron chi connectivity index (χ1n) is 8.03. The molecule has 22 heavy (non-hydrogen) atoms. The maximum Gasteiger partial charge on any atom is 0.281 e. The van der Waals surface area contributed by atoms with Gasteiger partial charge in [0.25, 0.3) is 10.2 Å². The van der Waals surface area contributed by atoms with Crippen molar-refractivity contribution in [1.82, 2.24) is 18.4 Å². The van der Waals surface area contributed by atoms with Gasteiger partial charge >= 0.3 is 0 Å². The van der Waals surface area contributed by atoms with E-state index in [1.165, 1.54) is 4.31 Å². The second-order valence-electron chi connectivity index (χ2n) is 6.44. The molecule has 1 aliphatic rings. The van der Waals surface area contributed by atoms with Gasteiger partial charge < -0.3 is 0 Å². The van der Waals surface area contributed by atoms with E-state index in [4.69, 9.17) is 0 Å². The van der Waals surface area contributed by atoms with Crippen molar-refractivity contribution in [1.29, 1.82) is 0 Å². The third-order valence-electron chi connectivity index (χ3n) is 4.29. The van der Waals surface area contributed by atoms with E-state index in [2.05, 4.69) is 12.0 Å². The molecule has 0 bridgehead atoms. The summed E-state index contributed by atoms with van der Waals surface area (Å²) < 4.78 is 30.2. The smallest absolute Gasteiger partial charge is 0.270 e. The fraction of sp³-hybridized carbons (Fsp3) is 0.800. The third-order valence-corrected chi connectivity index (χ3v) is 6.24. The van der Waals surface area contributed by atoms with Crippen LogP contribution in [0.15, 0.2) is 6.07 Å². The van der Waals surface area contributed by atoms with Crippen molar-refractivity contribution in [3.05, 3.63) is 17.5 Å². The molecule has 0 saturated carbocycles. The summed E-state index contributed by atoms with van der Waals surface area (Å²) in [5.41, 5.74) is 2.12. The molecule has 1 unspecified atom stereocenters. The number of aryl methyl sites for hydroxylation is 3. The molecule has 0 amide bonds. The Bertz CT molecular complexity index is 597. The van der Waals surface area contributed by atoms with E-state index < -0.39 is 10.2 Å². The molecule has 0 spiro atoms. The molecule has 0 radical (unpaired) electrons. The van der Waals surface area contributed by atoms with Gasteiger partial charge in [-0.3, -0.25) is 4.68 Å². The third kappa shape index (κ3) is 4.08. The van der Waals surface area contributed by atoms with Crippen molar-refractivity contribution in [2.45, 2.75) is 46.6 Å². The van der Waals surface area contributed by atoms with Crippen molar-refractivity contribution in [2.75, 3.05) is 26.7 Å². The van der Waals surface area contributed by atoms with Gasteiger partial charge in [-0.1, -0.05) is 6.92 Å². The predicted molar refractivity (Wildman–Crippen MR) is 87.8 cm³/mol. The lowest BCUT2D eigenvalue weighted by Crippen LogP contribution is -2.46. The molecule has 1 aromatic rings. The Morgan fingerprint density at radius 3 is 2.73 bits per heavy atom. The minimum absolute atomic E-state index is 0.451. The van der Waals surface area contributed by atoms with Gasteiger partial charge in [0, 0.05) is 38.9 Å². The lowest BCUT2D eigenvalue weighted by atomic mass is 10.0. The van der Waals surface area contributed by atoms with Crippen molar-refractivity contribution in [3.63, 3.8) is 0 Å². The zero-order chi connectivity index (χ0) is 16.3. The highest BCUT2D eigenvalue weighted by Crippen LogP contribution is 2.20. The van der Waals surface area contributed by atoms with E-state index in [-0.39, 0.29) is 0 Å². The monoisotopic (exact) mass is 328 g/mol. The molecule has 2 rings (SSSR count). The minimum atomic E-state index is -3.32. The maximum atomic E-state index is 12.6. The maximum absolute atomic E-state index is 12.6. The molecule has 2 heterocycles. The first-order chi connectivity index (χ1) is 10.3. The highest BCUT2D eigenvalue weighted by atomic mass is 32.2. The van der Waals surface area contributed by atoms with E-state index >= 15 is 0 Å². The Morgan fingerprint density at radius 2 is 2.14 bits per heavy atom. The highest BCUT2D eigenvalue weighted by Gasteiger charge is 2.30. The summed E-state index contributed by atoms with van der Waals surface area (Å²) in [6, 6.07) is 2.04. The zero-order valence-electron chi connectivity index (χ0n) is 14.1. The highest BCUT2D eigenvalue weighted by molar-refractivity contribution is 7.86. The van der Waals surface area contributed by atoms with Crippen molar-refractivity contribution in [3.8, 4) is 0 Å². The number of rotatable bonds is 6. The topological polar surface area (TPSA) is 58.4 Å². The van der Waals surface area contributed by atoms with Gasteiger partial charge in [0.2, 0.25) is 0 Å². The Morgan fingerprint density at radius 1 is 1.41 bits per heavy atom. The van der Waals surface area contributed by atoms with E-state index in [1.54, 1.807) is 11.4 Å². The Kier molecular flexibility index (Phi) is 5.63. The summed E-state index contributed by atoms with van der Waals surface area (Å²) >= 11 is 0. The molecular formula is C15H28N4O2S. The largest absolute Gasteiger partial charge is 0.281 e. The van der Waals surface area contributed by atoms with E-state index in [0.29, 0.717) is 25.6 Å². The summed E-state index contributed by atoms with van der Waals surface area (Å²) in [5, 5.41) is 4.41. The molecule has 6 nitrogen and oxygen atoms in total. The van der Waals surface area contributed by atoms with Gasteiger partial charge in [-0.15, -0.1) is 0 Å². The molecular weight excluding hydrogens is 300 g/mol. The van der Waals surface area contributed by atoms with Crippen LogP contribution >= 0.6 is 0 Å². The quantitative estimate of drug-likeness (QED) is 0.800. The first kappa shape index (κ1) is 17.4. The number of aromatic nitrogens is 2. The van der Waals surface area contributed by atoms with Gasteiger partial charge in [-0.2, -0.15) is 22.1 Å². The number of hydrogen-bond acceptors (Lipinski definition) is 3. The van der Waals surface area contributed by atoms with Gasteiger partial charge in [-0.25, -0.2) is 0 Å². The van der Waals surface area contributed by atoms with E-state index in [0.717, 1.165) is 37.2 Å². The van der Waals surface area contributed by atoms with Gasteiger partial charge in [-0.05, 0) is 45.1 Å². The molecule has 0 aromatic carbocycles.